The van der Waals surface area contributed by atoms with E-state index in [4.69, 9.17) is 14.5 Å². The molecule has 0 unspecified atom stereocenters. The van der Waals surface area contributed by atoms with Crippen LogP contribution in [-0.2, 0) is 6.54 Å². The Morgan fingerprint density at radius 1 is 1.09 bits per heavy atom. The highest BCUT2D eigenvalue weighted by Gasteiger charge is 2.49. The van der Waals surface area contributed by atoms with Crippen molar-refractivity contribution in [3.63, 3.8) is 0 Å². The van der Waals surface area contributed by atoms with Crippen molar-refractivity contribution < 1.29 is 9.47 Å². The molecule has 0 atom stereocenters. The Balaban J connectivity index is 1.29. The van der Waals surface area contributed by atoms with Crippen molar-refractivity contribution in [2.75, 3.05) is 19.7 Å². The van der Waals surface area contributed by atoms with Crippen LogP contribution in [0.4, 0.5) is 0 Å². The van der Waals surface area contributed by atoms with Crippen LogP contribution in [0.1, 0.15) is 58.8 Å². The summed E-state index contributed by atoms with van der Waals surface area (Å²) < 4.78 is 17.0. The average molecular weight is 477 g/mol. The topological polar surface area (TPSA) is 70.2 Å². The zero-order valence-corrected chi connectivity index (χ0v) is 21.5. The highest BCUT2D eigenvalue weighted by atomic mass is 16.5. The molecule has 0 spiro atoms. The molecular weight excluding hydrogens is 440 g/mol. The standard InChI is InChI=1S/C27H36N6O2/c1-17(2)32-15-27(16-32,13-20-6-7-20)35-21-8-9-22-24(12-21)34-11-10-31-14-23(29-25(22)31)26-28-19(5)30-33(26)18(3)4/h8-9,12,14,17-18,20H,6-7,10-11,13,15-16H2,1-5H3. The summed E-state index contributed by atoms with van der Waals surface area (Å²) in [7, 11) is 0. The van der Waals surface area contributed by atoms with E-state index in [1.165, 1.54) is 12.8 Å². The molecule has 8 heteroatoms. The smallest absolute Gasteiger partial charge is 0.178 e. The van der Waals surface area contributed by atoms with Crippen molar-refractivity contribution in [1.29, 1.82) is 0 Å². The maximum Gasteiger partial charge on any atom is 0.178 e. The quantitative estimate of drug-likeness (QED) is 0.491. The second kappa shape index (κ2) is 8.36. The first-order valence-electron chi connectivity index (χ1n) is 13.0. The molecule has 4 heterocycles. The maximum absolute atomic E-state index is 6.71. The number of rotatable bonds is 7. The SMILES string of the molecule is Cc1nc(-c2cn3c(n2)-c2ccc(OC4(CC5CC5)CN(C(C)C)C4)cc2OCC3)n(C(C)C)n1. The molecule has 2 aromatic heterocycles. The van der Waals surface area contributed by atoms with E-state index in [0.717, 1.165) is 72.2 Å². The zero-order chi connectivity index (χ0) is 24.3. The number of nitrogens with zero attached hydrogens (tertiary/aromatic N) is 6. The lowest BCUT2D eigenvalue weighted by Crippen LogP contribution is -2.66. The number of fused-ring (bicyclic) bond motifs is 3. The van der Waals surface area contributed by atoms with E-state index in [1.807, 2.05) is 11.6 Å². The molecule has 8 nitrogen and oxygen atoms in total. The van der Waals surface area contributed by atoms with Crippen LogP contribution in [0.3, 0.4) is 0 Å². The second-order valence-electron chi connectivity index (χ2n) is 11.1. The molecule has 3 aromatic rings. The molecule has 1 saturated heterocycles. The maximum atomic E-state index is 6.71. The number of likely N-dealkylation sites (tertiary alicyclic amines) is 1. The normalized spacial score (nSPS) is 19.2. The van der Waals surface area contributed by atoms with E-state index in [2.05, 4.69) is 71.6 Å². The van der Waals surface area contributed by atoms with Gasteiger partial charge in [0.2, 0.25) is 0 Å². The van der Waals surface area contributed by atoms with Crippen LogP contribution in [0.2, 0.25) is 0 Å². The number of hydrogen-bond acceptors (Lipinski definition) is 6. The Kier molecular flexibility index (Phi) is 5.40. The van der Waals surface area contributed by atoms with Gasteiger partial charge in [-0.05, 0) is 59.1 Å². The molecule has 1 saturated carbocycles. The van der Waals surface area contributed by atoms with Gasteiger partial charge in [0.05, 0.1) is 12.1 Å². The van der Waals surface area contributed by atoms with Gasteiger partial charge in [0, 0.05) is 37.4 Å². The highest BCUT2D eigenvalue weighted by Crippen LogP contribution is 2.44. The van der Waals surface area contributed by atoms with Crippen molar-refractivity contribution in [2.24, 2.45) is 5.92 Å². The third kappa shape index (κ3) is 4.22. The Morgan fingerprint density at radius 2 is 1.89 bits per heavy atom. The Bertz CT molecular complexity index is 1230. The van der Waals surface area contributed by atoms with E-state index in [0.29, 0.717) is 12.6 Å². The molecule has 0 bridgehead atoms. The number of hydrogen-bond donors (Lipinski definition) is 0. The number of benzene rings is 1. The van der Waals surface area contributed by atoms with Crippen LogP contribution < -0.4 is 9.47 Å². The van der Waals surface area contributed by atoms with Gasteiger partial charge in [0.25, 0.3) is 0 Å². The molecule has 6 rings (SSSR count). The summed E-state index contributed by atoms with van der Waals surface area (Å²) in [5, 5.41) is 4.57. The van der Waals surface area contributed by atoms with Gasteiger partial charge < -0.3 is 14.0 Å². The van der Waals surface area contributed by atoms with Crippen LogP contribution in [0.5, 0.6) is 11.5 Å². The van der Waals surface area contributed by atoms with Gasteiger partial charge in [-0.3, -0.25) is 4.90 Å². The first-order valence-corrected chi connectivity index (χ1v) is 13.0. The number of imidazole rings is 1. The lowest BCUT2D eigenvalue weighted by atomic mass is 9.86. The predicted molar refractivity (Wildman–Crippen MR) is 135 cm³/mol. The Hall–Kier alpha value is -2.87. The fourth-order valence-electron chi connectivity index (χ4n) is 5.39. The van der Waals surface area contributed by atoms with Gasteiger partial charge in [-0.15, -0.1) is 0 Å². The van der Waals surface area contributed by atoms with E-state index in [-0.39, 0.29) is 11.6 Å². The fourth-order valence-corrected chi connectivity index (χ4v) is 5.39. The van der Waals surface area contributed by atoms with E-state index < -0.39 is 0 Å². The molecule has 1 aliphatic carbocycles. The van der Waals surface area contributed by atoms with Gasteiger partial charge in [0.15, 0.2) is 5.82 Å². The number of aromatic nitrogens is 5. The van der Waals surface area contributed by atoms with Crippen LogP contribution in [0, 0.1) is 12.8 Å². The molecular formula is C27H36N6O2. The van der Waals surface area contributed by atoms with Crippen LogP contribution in [0.25, 0.3) is 22.9 Å². The van der Waals surface area contributed by atoms with Crippen LogP contribution >= 0.6 is 0 Å². The fraction of sp³-hybridized carbons (Fsp3) is 0.593. The summed E-state index contributed by atoms with van der Waals surface area (Å²) in [5.41, 5.74) is 1.76. The monoisotopic (exact) mass is 476 g/mol. The van der Waals surface area contributed by atoms with Crippen molar-refractivity contribution in [1.82, 2.24) is 29.2 Å². The van der Waals surface area contributed by atoms with Gasteiger partial charge >= 0.3 is 0 Å². The summed E-state index contributed by atoms with van der Waals surface area (Å²) >= 11 is 0. The minimum absolute atomic E-state index is 0.0746. The molecule has 0 amide bonds. The van der Waals surface area contributed by atoms with Crippen molar-refractivity contribution >= 4 is 0 Å². The summed E-state index contributed by atoms with van der Waals surface area (Å²) in [5.74, 6) is 5.02. The summed E-state index contributed by atoms with van der Waals surface area (Å²) in [6, 6.07) is 7.01. The Morgan fingerprint density at radius 3 is 2.60 bits per heavy atom. The molecule has 3 aliphatic rings. The second-order valence-corrected chi connectivity index (χ2v) is 11.1. The number of ether oxygens (including phenoxy) is 2. The number of aryl methyl sites for hydroxylation is 1. The van der Waals surface area contributed by atoms with Gasteiger partial charge in [-0.1, -0.05) is 12.8 Å². The van der Waals surface area contributed by atoms with E-state index in [9.17, 15) is 0 Å². The zero-order valence-electron chi connectivity index (χ0n) is 21.5. The lowest BCUT2D eigenvalue weighted by molar-refractivity contribution is -0.0986. The average Bonchev–Trinajstić information content (AvgIpc) is 3.40. The minimum Gasteiger partial charge on any atom is -0.491 e. The minimum atomic E-state index is -0.0746. The molecule has 2 aliphatic heterocycles. The van der Waals surface area contributed by atoms with E-state index >= 15 is 0 Å². The van der Waals surface area contributed by atoms with Crippen molar-refractivity contribution in [2.45, 2.75) is 78.1 Å². The van der Waals surface area contributed by atoms with Gasteiger partial charge in [-0.2, -0.15) is 5.10 Å². The first kappa shape index (κ1) is 22.6. The molecule has 2 fully saturated rings. The highest BCUT2D eigenvalue weighted by molar-refractivity contribution is 5.69. The largest absolute Gasteiger partial charge is 0.491 e. The molecule has 0 radical (unpaired) electrons. The Labute approximate surface area is 207 Å². The van der Waals surface area contributed by atoms with Crippen LogP contribution in [-0.4, -0.2) is 60.6 Å². The predicted octanol–water partition coefficient (Wildman–Crippen LogP) is 4.73. The first-order chi connectivity index (χ1) is 16.8. The summed E-state index contributed by atoms with van der Waals surface area (Å²) in [6.07, 6.45) is 5.91. The molecule has 1 aromatic carbocycles. The molecule has 35 heavy (non-hydrogen) atoms. The van der Waals surface area contributed by atoms with Crippen LogP contribution in [0.15, 0.2) is 24.4 Å². The van der Waals surface area contributed by atoms with E-state index in [1.54, 1.807) is 0 Å². The van der Waals surface area contributed by atoms with Crippen molar-refractivity contribution in [3.05, 3.63) is 30.2 Å². The summed E-state index contributed by atoms with van der Waals surface area (Å²) in [4.78, 5) is 12.2. The third-order valence-corrected chi connectivity index (χ3v) is 7.42. The van der Waals surface area contributed by atoms with Gasteiger partial charge in [-0.25, -0.2) is 14.6 Å². The third-order valence-electron chi connectivity index (χ3n) is 7.42. The lowest BCUT2D eigenvalue weighted by Gasteiger charge is -2.52. The molecule has 186 valence electrons. The van der Waals surface area contributed by atoms with Crippen molar-refractivity contribution in [3.8, 4) is 34.4 Å². The van der Waals surface area contributed by atoms with Gasteiger partial charge in [0.1, 0.15) is 41.0 Å². The summed E-state index contributed by atoms with van der Waals surface area (Å²) in [6.45, 7) is 14.0. The molecule has 0 N–H and O–H groups in total.